The zero-order valence-electron chi connectivity index (χ0n) is 19.7. The maximum Gasteiger partial charge on any atom is 0.0811 e. The third kappa shape index (κ3) is 4.95. The van der Waals surface area contributed by atoms with E-state index >= 15 is 0 Å². The van der Waals surface area contributed by atoms with Gasteiger partial charge in [0.25, 0.3) is 0 Å². The number of allylic oxidation sites excluding steroid dienone is 3. The van der Waals surface area contributed by atoms with E-state index in [1.165, 1.54) is 24.8 Å². The lowest BCUT2D eigenvalue weighted by atomic mass is 9.59. The molecule has 0 amide bonds. The van der Waals surface area contributed by atoms with Crippen molar-refractivity contribution in [2.45, 2.75) is 110 Å². The highest BCUT2D eigenvalue weighted by Crippen LogP contribution is 2.60. The Morgan fingerprint density at radius 3 is 2.67 bits per heavy atom. The zero-order valence-corrected chi connectivity index (χ0v) is 19.7. The summed E-state index contributed by atoms with van der Waals surface area (Å²) in [5, 5.41) is 31.6. The van der Waals surface area contributed by atoms with Crippen LogP contribution in [0.5, 0.6) is 0 Å². The summed E-state index contributed by atoms with van der Waals surface area (Å²) < 4.78 is 0. The number of hydrogen-bond acceptors (Lipinski definition) is 3. The third-order valence-electron chi connectivity index (χ3n) is 8.44. The molecule has 3 saturated carbocycles. The van der Waals surface area contributed by atoms with Crippen molar-refractivity contribution in [3.63, 3.8) is 0 Å². The Kier molecular flexibility index (Phi) is 7.37. The van der Waals surface area contributed by atoms with Crippen molar-refractivity contribution in [2.24, 2.45) is 23.2 Å². The van der Waals surface area contributed by atoms with Gasteiger partial charge in [0.05, 0.1) is 17.8 Å². The summed E-state index contributed by atoms with van der Waals surface area (Å²) in [6.45, 7) is 13.1. The van der Waals surface area contributed by atoms with E-state index in [-0.39, 0.29) is 5.41 Å². The van der Waals surface area contributed by atoms with E-state index in [1.807, 2.05) is 0 Å². The molecule has 3 rings (SSSR count). The summed E-state index contributed by atoms with van der Waals surface area (Å²) in [6, 6.07) is 0. The Labute approximate surface area is 184 Å². The highest BCUT2D eigenvalue weighted by molar-refractivity contribution is 5.38. The Morgan fingerprint density at radius 1 is 1.23 bits per heavy atom. The van der Waals surface area contributed by atoms with Gasteiger partial charge in [0.2, 0.25) is 0 Å². The van der Waals surface area contributed by atoms with Gasteiger partial charge in [-0.3, -0.25) is 0 Å². The molecule has 3 aliphatic rings. The van der Waals surface area contributed by atoms with E-state index in [0.29, 0.717) is 30.6 Å². The Hall–Kier alpha value is -0.900. The third-order valence-corrected chi connectivity index (χ3v) is 8.44. The normalized spacial score (nSPS) is 39.5. The van der Waals surface area contributed by atoms with Gasteiger partial charge in [-0.15, -0.1) is 0 Å². The van der Waals surface area contributed by atoms with Crippen molar-refractivity contribution in [2.75, 3.05) is 0 Å². The molecule has 0 spiro atoms. The zero-order chi connectivity index (χ0) is 22.1. The first-order valence-electron chi connectivity index (χ1n) is 12.2. The van der Waals surface area contributed by atoms with Crippen LogP contribution < -0.4 is 0 Å². The second kappa shape index (κ2) is 9.30. The summed E-state index contributed by atoms with van der Waals surface area (Å²) in [7, 11) is 0. The highest BCUT2D eigenvalue weighted by Gasteiger charge is 2.54. The van der Waals surface area contributed by atoms with Crippen molar-refractivity contribution in [1.29, 1.82) is 0 Å². The Morgan fingerprint density at radius 2 is 1.97 bits per heavy atom. The van der Waals surface area contributed by atoms with Crippen LogP contribution in [0.1, 0.15) is 91.9 Å². The van der Waals surface area contributed by atoms with Gasteiger partial charge in [-0.05, 0) is 86.2 Å². The van der Waals surface area contributed by atoms with Gasteiger partial charge in [0, 0.05) is 6.42 Å². The van der Waals surface area contributed by atoms with Gasteiger partial charge in [0.1, 0.15) is 0 Å². The van der Waals surface area contributed by atoms with Gasteiger partial charge >= 0.3 is 0 Å². The molecule has 0 heterocycles. The summed E-state index contributed by atoms with van der Waals surface area (Å²) in [6.07, 6.45) is 13.1. The molecule has 0 aliphatic heterocycles. The summed E-state index contributed by atoms with van der Waals surface area (Å²) in [4.78, 5) is 0. The minimum absolute atomic E-state index is 0.159. The van der Waals surface area contributed by atoms with Crippen molar-refractivity contribution in [3.05, 3.63) is 35.5 Å². The minimum Gasteiger partial charge on any atom is -0.393 e. The van der Waals surface area contributed by atoms with E-state index < -0.39 is 17.8 Å². The number of aliphatic hydroxyl groups excluding tert-OH is 2. The molecule has 3 fully saturated rings. The standard InChI is InChI=1S/C27H44O3/c1-18(2)8-6-15-27(5,30)25-13-12-23-20(9-7-14-26(23,25)4)10-11-21-16-22(28)17-24(29)19(21)3/h10-11,18,22-25,28-30H,3,6-9,12-17H2,1-2,4-5H3/b20-10+,21-11-/t22-,23+,24+,25+,26+,27+/m1/s1. The fourth-order valence-corrected chi connectivity index (χ4v) is 6.77. The first kappa shape index (κ1) is 23.8. The first-order chi connectivity index (χ1) is 14.0. The molecule has 0 aromatic heterocycles. The molecule has 170 valence electrons. The van der Waals surface area contributed by atoms with Crippen LogP contribution in [0.15, 0.2) is 35.5 Å². The summed E-state index contributed by atoms with van der Waals surface area (Å²) in [5.74, 6) is 1.57. The molecule has 3 heteroatoms. The molecule has 0 radical (unpaired) electrons. The Bertz CT molecular complexity index is 686. The monoisotopic (exact) mass is 416 g/mol. The maximum absolute atomic E-state index is 11.4. The Balaban J connectivity index is 1.76. The molecule has 0 aromatic carbocycles. The molecular weight excluding hydrogens is 372 g/mol. The van der Waals surface area contributed by atoms with Crippen molar-refractivity contribution < 1.29 is 15.3 Å². The fourth-order valence-electron chi connectivity index (χ4n) is 6.77. The van der Waals surface area contributed by atoms with Gasteiger partial charge in [0.15, 0.2) is 0 Å². The molecule has 6 atom stereocenters. The van der Waals surface area contributed by atoms with Crippen molar-refractivity contribution >= 4 is 0 Å². The predicted molar refractivity (Wildman–Crippen MR) is 124 cm³/mol. The molecule has 3 nitrogen and oxygen atoms in total. The van der Waals surface area contributed by atoms with E-state index in [2.05, 4.69) is 46.4 Å². The summed E-state index contributed by atoms with van der Waals surface area (Å²) in [5.41, 5.74) is 2.79. The topological polar surface area (TPSA) is 60.7 Å². The number of aliphatic hydroxyl groups is 3. The van der Waals surface area contributed by atoms with Crippen molar-refractivity contribution in [3.8, 4) is 0 Å². The average molecular weight is 417 g/mol. The number of fused-ring (bicyclic) bond motifs is 1. The quantitative estimate of drug-likeness (QED) is 0.520. The van der Waals surface area contributed by atoms with Gasteiger partial charge in [-0.25, -0.2) is 0 Å². The van der Waals surface area contributed by atoms with E-state index in [9.17, 15) is 15.3 Å². The molecule has 0 bridgehead atoms. The number of hydrogen-bond donors (Lipinski definition) is 3. The maximum atomic E-state index is 11.4. The fraction of sp³-hybridized carbons (Fsp3) is 0.778. The molecule has 30 heavy (non-hydrogen) atoms. The van der Waals surface area contributed by atoms with Gasteiger partial charge < -0.3 is 15.3 Å². The molecule has 0 saturated heterocycles. The van der Waals surface area contributed by atoms with E-state index in [0.717, 1.165) is 43.3 Å². The average Bonchev–Trinajstić information content (AvgIpc) is 3.01. The van der Waals surface area contributed by atoms with Crippen LogP contribution in [0.2, 0.25) is 0 Å². The van der Waals surface area contributed by atoms with Crippen LogP contribution in [-0.4, -0.2) is 33.1 Å². The van der Waals surface area contributed by atoms with Gasteiger partial charge in [-0.1, -0.05) is 57.9 Å². The van der Waals surface area contributed by atoms with Gasteiger partial charge in [-0.2, -0.15) is 0 Å². The lowest BCUT2D eigenvalue weighted by Crippen LogP contribution is -2.45. The molecule has 0 aromatic rings. The van der Waals surface area contributed by atoms with Crippen molar-refractivity contribution in [1.82, 2.24) is 0 Å². The lowest BCUT2D eigenvalue weighted by Gasteiger charge is -2.47. The SMILES string of the molecule is C=C1/C(=C\C=C2/CCC[C@@]3(C)[C@H]2CC[C@@H]3[C@@](C)(O)CCCC(C)C)C[C@@H](O)C[C@@H]1O. The minimum atomic E-state index is -0.633. The van der Waals surface area contributed by atoms with Crippen LogP contribution >= 0.6 is 0 Å². The first-order valence-corrected chi connectivity index (χ1v) is 12.2. The largest absolute Gasteiger partial charge is 0.393 e. The number of rotatable bonds is 6. The van der Waals surface area contributed by atoms with Crippen LogP contribution in [0, 0.1) is 23.2 Å². The smallest absolute Gasteiger partial charge is 0.0811 e. The van der Waals surface area contributed by atoms with E-state index in [4.69, 9.17) is 0 Å². The molecule has 0 unspecified atom stereocenters. The molecular formula is C27H44O3. The summed E-state index contributed by atoms with van der Waals surface area (Å²) >= 11 is 0. The van der Waals surface area contributed by atoms with Crippen LogP contribution in [0.4, 0.5) is 0 Å². The molecule has 3 N–H and O–H groups in total. The second-order valence-corrected chi connectivity index (χ2v) is 11.3. The predicted octanol–water partition coefficient (Wildman–Crippen LogP) is 5.70. The lowest BCUT2D eigenvalue weighted by molar-refractivity contribution is -0.0657. The van der Waals surface area contributed by atoms with E-state index in [1.54, 1.807) is 0 Å². The molecule has 3 aliphatic carbocycles. The second-order valence-electron chi connectivity index (χ2n) is 11.3. The van der Waals surface area contributed by atoms with Crippen LogP contribution in [0.3, 0.4) is 0 Å². The van der Waals surface area contributed by atoms with Crippen LogP contribution in [0.25, 0.3) is 0 Å². The highest BCUT2D eigenvalue weighted by atomic mass is 16.3. The van der Waals surface area contributed by atoms with Crippen LogP contribution in [-0.2, 0) is 0 Å².